The van der Waals surface area contributed by atoms with Crippen LogP contribution in [0.15, 0.2) is 18.2 Å². The average Bonchev–Trinajstić information content (AvgIpc) is 2.87. The third-order valence-corrected chi connectivity index (χ3v) is 6.44. The molecule has 0 fully saturated rings. The molecule has 1 aromatic carbocycles. The van der Waals surface area contributed by atoms with E-state index in [4.69, 9.17) is 29.4 Å². The topological polar surface area (TPSA) is 161 Å². The van der Waals surface area contributed by atoms with Gasteiger partial charge in [0, 0.05) is 12.3 Å². The van der Waals surface area contributed by atoms with E-state index >= 15 is 0 Å². The molecule has 0 bridgehead atoms. The monoisotopic (exact) mass is 581 g/mol. The van der Waals surface area contributed by atoms with Gasteiger partial charge in [0.15, 0.2) is 11.5 Å². The van der Waals surface area contributed by atoms with Crippen molar-refractivity contribution in [1.82, 2.24) is 0 Å². The van der Waals surface area contributed by atoms with Gasteiger partial charge in [-0.3, -0.25) is 9.59 Å². The maximum absolute atomic E-state index is 12.6. The number of nitrogens with two attached hydrogens (primary N) is 1. The summed E-state index contributed by atoms with van der Waals surface area (Å²) in [4.78, 5) is 49.1. The van der Waals surface area contributed by atoms with Gasteiger partial charge < -0.3 is 34.5 Å². The normalized spacial score (nSPS) is 14.8. The molecular formula is C30H47NO10. The fraction of sp³-hybridized carbons (Fsp3) is 0.667. The number of aliphatic carboxylic acids is 1. The smallest absolute Gasteiger partial charge is 0.480 e. The van der Waals surface area contributed by atoms with E-state index in [-0.39, 0.29) is 30.5 Å². The Morgan fingerprint density at radius 2 is 1.37 bits per heavy atom. The van der Waals surface area contributed by atoms with Crippen LogP contribution in [0, 0.1) is 11.8 Å². The van der Waals surface area contributed by atoms with Crippen LogP contribution >= 0.6 is 0 Å². The highest BCUT2D eigenvalue weighted by atomic mass is 16.7. The zero-order valence-corrected chi connectivity index (χ0v) is 25.3. The molecule has 11 nitrogen and oxygen atoms in total. The number of esters is 1. The van der Waals surface area contributed by atoms with Gasteiger partial charge in [-0.15, -0.1) is 0 Å². The van der Waals surface area contributed by atoms with E-state index in [1.54, 1.807) is 20.8 Å². The van der Waals surface area contributed by atoms with E-state index in [1.165, 1.54) is 18.2 Å². The molecule has 0 spiro atoms. The maximum atomic E-state index is 12.6. The van der Waals surface area contributed by atoms with E-state index in [2.05, 4.69) is 0 Å². The van der Waals surface area contributed by atoms with Gasteiger partial charge in [0.05, 0.1) is 6.61 Å². The SMILES string of the molecule is CCCC(C)OC(=O)Oc1ccc(C(C(C)COC(=O)CCC(C)C)[C@H](N)C(=O)O)cc1OC(=O)OC(C)CCC. The lowest BCUT2D eigenvalue weighted by molar-refractivity contribution is -0.145. The number of carboxylic acids is 1. The third kappa shape index (κ3) is 13.2. The van der Waals surface area contributed by atoms with Crippen LogP contribution in [0.1, 0.15) is 98.5 Å². The number of carboxylic acid groups (broad SMARTS) is 1. The highest BCUT2D eigenvalue weighted by Gasteiger charge is 2.33. The van der Waals surface area contributed by atoms with E-state index in [9.17, 15) is 24.3 Å². The Morgan fingerprint density at radius 3 is 1.85 bits per heavy atom. The molecule has 0 amide bonds. The molecule has 0 saturated heterocycles. The molecule has 0 aliphatic rings. The Kier molecular flexibility index (Phi) is 15.8. The van der Waals surface area contributed by atoms with Crippen molar-refractivity contribution in [3.05, 3.63) is 23.8 Å². The first-order valence-electron chi connectivity index (χ1n) is 14.3. The minimum absolute atomic E-state index is 0.0742. The van der Waals surface area contributed by atoms with Gasteiger partial charge >= 0.3 is 24.2 Å². The molecule has 0 aliphatic carbocycles. The van der Waals surface area contributed by atoms with Crippen LogP contribution in [-0.4, -0.2) is 54.2 Å². The molecule has 4 unspecified atom stereocenters. The second kappa shape index (κ2) is 18.2. The van der Waals surface area contributed by atoms with E-state index in [0.717, 1.165) is 12.8 Å². The van der Waals surface area contributed by atoms with Gasteiger partial charge in [0.1, 0.15) is 18.2 Å². The number of ether oxygens (including phenoxy) is 5. The van der Waals surface area contributed by atoms with Gasteiger partial charge in [-0.1, -0.05) is 53.5 Å². The molecule has 5 atom stereocenters. The summed E-state index contributed by atoms with van der Waals surface area (Å²) in [6, 6.07) is 2.87. The second-order valence-corrected chi connectivity index (χ2v) is 10.8. The Balaban J connectivity index is 3.32. The van der Waals surface area contributed by atoms with Crippen molar-refractivity contribution in [3.63, 3.8) is 0 Å². The average molecular weight is 582 g/mol. The zero-order chi connectivity index (χ0) is 31.1. The summed E-state index contributed by atoms with van der Waals surface area (Å²) < 4.78 is 26.7. The van der Waals surface area contributed by atoms with Crippen LogP contribution in [0.25, 0.3) is 0 Å². The lowest BCUT2D eigenvalue weighted by Crippen LogP contribution is -2.40. The zero-order valence-electron chi connectivity index (χ0n) is 25.3. The predicted molar refractivity (Wildman–Crippen MR) is 152 cm³/mol. The van der Waals surface area contributed by atoms with Gasteiger partial charge in [-0.05, 0) is 62.6 Å². The van der Waals surface area contributed by atoms with E-state index in [1.807, 2.05) is 27.7 Å². The minimum atomic E-state index is -1.38. The van der Waals surface area contributed by atoms with Crippen molar-refractivity contribution in [2.45, 2.75) is 111 Å². The Morgan fingerprint density at radius 1 is 0.829 bits per heavy atom. The first-order chi connectivity index (χ1) is 19.3. The minimum Gasteiger partial charge on any atom is -0.480 e. The number of carbonyl (C=O) groups is 4. The quantitative estimate of drug-likeness (QED) is 0.122. The number of hydrogen-bond acceptors (Lipinski definition) is 10. The van der Waals surface area contributed by atoms with Crippen LogP contribution in [0.5, 0.6) is 11.5 Å². The summed E-state index contributed by atoms with van der Waals surface area (Å²) >= 11 is 0. The summed E-state index contributed by atoms with van der Waals surface area (Å²) in [5.41, 5.74) is 6.44. The summed E-state index contributed by atoms with van der Waals surface area (Å²) in [6.45, 7) is 13.0. The number of hydrogen-bond donors (Lipinski definition) is 2. The Hall–Kier alpha value is -3.34. The summed E-state index contributed by atoms with van der Waals surface area (Å²) in [5.74, 6) is -3.01. The molecule has 1 rings (SSSR count). The van der Waals surface area contributed by atoms with Crippen molar-refractivity contribution in [3.8, 4) is 11.5 Å². The lowest BCUT2D eigenvalue weighted by atomic mass is 9.82. The third-order valence-electron chi connectivity index (χ3n) is 6.44. The Bertz CT molecular complexity index is 995. The van der Waals surface area contributed by atoms with Crippen molar-refractivity contribution >= 4 is 24.2 Å². The molecule has 232 valence electrons. The van der Waals surface area contributed by atoms with Crippen molar-refractivity contribution < 1.29 is 48.0 Å². The fourth-order valence-corrected chi connectivity index (χ4v) is 4.23. The molecule has 0 heterocycles. The van der Waals surface area contributed by atoms with Crippen LogP contribution in [0.4, 0.5) is 9.59 Å². The highest BCUT2D eigenvalue weighted by Crippen LogP contribution is 2.36. The largest absolute Gasteiger partial charge is 0.514 e. The number of rotatable bonds is 17. The van der Waals surface area contributed by atoms with E-state index < -0.39 is 48.4 Å². The van der Waals surface area contributed by atoms with Gasteiger partial charge in [-0.25, -0.2) is 9.59 Å². The van der Waals surface area contributed by atoms with Crippen LogP contribution in [-0.2, 0) is 23.8 Å². The number of carbonyl (C=O) groups excluding carboxylic acids is 3. The van der Waals surface area contributed by atoms with Crippen molar-refractivity contribution in [1.29, 1.82) is 0 Å². The van der Waals surface area contributed by atoms with E-state index in [0.29, 0.717) is 30.7 Å². The first kappa shape index (κ1) is 35.7. The second-order valence-electron chi connectivity index (χ2n) is 10.8. The van der Waals surface area contributed by atoms with Crippen LogP contribution in [0.3, 0.4) is 0 Å². The standard InChI is InChI=1S/C30H47NO10/c1-8-10-20(6)38-29(35)40-23-14-13-22(16-24(23)41-30(36)39-21(7)11-9-2)26(27(31)28(33)34)19(5)17-37-25(32)15-12-18(3)4/h13-14,16,18-21,26-27H,8-12,15,17,31H2,1-7H3,(H,33,34)/t19?,20?,21?,26?,27-/m0/s1. The molecule has 0 aromatic heterocycles. The van der Waals surface area contributed by atoms with Crippen molar-refractivity contribution in [2.75, 3.05) is 6.61 Å². The first-order valence-corrected chi connectivity index (χ1v) is 14.3. The molecule has 41 heavy (non-hydrogen) atoms. The fourth-order valence-electron chi connectivity index (χ4n) is 4.23. The molecule has 1 aromatic rings. The maximum Gasteiger partial charge on any atom is 0.514 e. The molecule has 3 N–H and O–H groups in total. The summed E-state index contributed by atoms with van der Waals surface area (Å²) in [5, 5.41) is 9.73. The molecule has 11 heteroatoms. The van der Waals surface area contributed by atoms with Gasteiger partial charge in [-0.2, -0.15) is 0 Å². The van der Waals surface area contributed by atoms with Crippen molar-refractivity contribution in [2.24, 2.45) is 17.6 Å². The summed E-state index contributed by atoms with van der Waals surface area (Å²) in [6.07, 6.45) is 0.928. The summed E-state index contributed by atoms with van der Waals surface area (Å²) in [7, 11) is 0. The molecule has 0 radical (unpaired) electrons. The molecule has 0 aliphatic heterocycles. The van der Waals surface area contributed by atoms with Crippen LogP contribution < -0.4 is 15.2 Å². The lowest BCUT2D eigenvalue weighted by Gasteiger charge is -2.28. The van der Waals surface area contributed by atoms with Crippen LogP contribution in [0.2, 0.25) is 0 Å². The van der Waals surface area contributed by atoms with Gasteiger partial charge in [0.2, 0.25) is 0 Å². The van der Waals surface area contributed by atoms with Gasteiger partial charge in [0.25, 0.3) is 0 Å². The Labute approximate surface area is 243 Å². The highest BCUT2D eigenvalue weighted by molar-refractivity contribution is 5.75. The number of benzene rings is 1. The predicted octanol–water partition coefficient (Wildman–Crippen LogP) is 6.21. The molecular weight excluding hydrogens is 534 g/mol. The molecule has 0 saturated carbocycles.